The molecular weight excluding hydrogens is 398 g/mol. The van der Waals surface area contributed by atoms with Crippen LogP contribution >= 0.6 is 23.1 Å². The second-order valence-electron chi connectivity index (χ2n) is 6.41. The molecule has 1 aromatic carbocycles. The molecule has 1 aliphatic carbocycles. The molecule has 4 rings (SSSR count). The van der Waals surface area contributed by atoms with Crippen LogP contribution < -0.4 is 5.32 Å². The lowest BCUT2D eigenvalue weighted by Gasteiger charge is -2.13. The molecule has 1 N–H and O–H groups in total. The van der Waals surface area contributed by atoms with E-state index >= 15 is 0 Å². The van der Waals surface area contributed by atoms with E-state index < -0.39 is 10.2 Å². The number of rotatable bonds is 7. The van der Waals surface area contributed by atoms with Gasteiger partial charge in [0, 0.05) is 12.1 Å². The molecule has 10 heteroatoms. The maximum Gasteiger partial charge on any atom is 0.292 e. The number of thiophene rings is 1. The fourth-order valence-electron chi connectivity index (χ4n) is 2.78. The molecule has 2 aromatic heterocycles. The van der Waals surface area contributed by atoms with E-state index in [1.165, 1.54) is 23.9 Å². The Bertz CT molecular complexity index is 1010. The van der Waals surface area contributed by atoms with Crippen molar-refractivity contribution in [1.82, 2.24) is 14.8 Å². The highest BCUT2D eigenvalue weighted by Crippen LogP contribution is 2.42. The van der Waals surface area contributed by atoms with Crippen molar-refractivity contribution in [2.24, 2.45) is 0 Å². The third kappa shape index (κ3) is 3.78. The van der Waals surface area contributed by atoms with Crippen molar-refractivity contribution in [3.05, 3.63) is 51.9 Å². The maximum atomic E-state index is 12.6. The highest BCUT2D eigenvalue weighted by molar-refractivity contribution is 8.00. The van der Waals surface area contributed by atoms with E-state index in [2.05, 4.69) is 20.1 Å². The number of hydrogen-bond donors (Lipinski definition) is 1. The lowest BCUT2D eigenvalue weighted by atomic mass is 10.2. The average molecular weight is 416 g/mol. The molecule has 0 spiro atoms. The summed E-state index contributed by atoms with van der Waals surface area (Å²) in [4.78, 5) is 24.3. The average Bonchev–Trinajstić information content (AvgIpc) is 3.20. The number of nitrogens with one attached hydrogen (secondary N) is 1. The van der Waals surface area contributed by atoms with E-state index in [-0.39, 0.29) is 17.3 Å². The summed E-state index contributed by atoms with van der Waals surface area (Å²) in [6, 6.07) is 10.4. The molecule has 28 heavy (non-hydrogen) atoms. The highest BCUT2D eigenvalue weighted by atomic mass is 32.2. The van der Waals surface area contributed by atoms with Gasteiger partial charge in [-0.15, -0.1) is 21.5 Å². The third-order valence-corrected chi connectivity index (χ3v) is 6.25. The minimum absolute atomic E-state index is 0.130. The number of anilines is 1. The highest BCUT2D eigenvalue weighted by Gasteiger charge is 2.32. The summed E-state index contributed by atoms with van der Waals surface area (Å²) in [7, 11) is 0. The smallest absolute Gasteiger partial charge is 0.292 e. The SMILES string of the molecule is CC(Sc1nnc(-c2cccs2)n1C1CC1)C(=O)Nc1ccccc1[N+](=O)[O-]. The van der Waals surface area contributed by atoms with E-state index in [9.17, 15) is 14.9 Å². The van der Waals surface area contributed by atoms with Gasteiger partial charge in [-0.3, -0.25) is 19.5 Å². The van der Waals surface area contributed by atoms with E-state index in [1.807, 2.05) is 17.5 Å². The summed E-state index contributed by atoms with van der Waals surface area (Å²) in [5, 5.41) is 24.6. The molecule has 144 valence electrons. The Balaban J connectivity index is 1.52. The van der Waals surface area contributed by atoms with Gasteiger partial charge in [-0.05, 0) is 37.3 Å². The monoisotopic (exact) mass is 415 g/mol. The molecule has 0 radical (unpaired) electrons. The summed E-state index contributed by atoms with van der Waals surface area (Å²) in [5.74, 6) is 0.508. The van der Waals surface area contributed by atoms with Crippen LogP contribution in [0, 0.1) is 10.1 Å². The van der Waals surface area contributed by atoms with Crippen molar-refractivity contribution in [3.8, 4) is 10.7 Å². The van der Waals surface area contributed by atoms with Crippen LogP contribution in [0.4, 0.5) is 11.4 Å². The molecule has 1 atom stereocenters. The van der Waals surface area contributed by atoms with Crippen molar-refractivity contribution in [2.45, 2.75) is 36.2 Å². The summed E-state index contributed by atoms with van der Waals surface area (Å²) in [6.07, 6.45) is 2.14. The van der Waals surface area contributed by atoms with Crippen molar-refractivity contribution in [1.29, 1.82) is 0 Å². The number of nitrogens with zero attached hydrogens (tertiary/aromatic N) is 4. The lowest BCUT2D eigenvalue weighted by molar-refractivity contribution is -0.383. The number of nitro benzene ring substituents is 1. The maximum absolute atomic E-state index is 12.6. The Morgan fingerprint density at radius 3 is 2.79 bits per heavy atom. The number of benzene rings is 1. The Labute approximate surface area is 169 Å². The first kappa shape index (κ1) is 18.6. The largest absolute Gasteiger partial charge is 0.319 e. The summed E-state index contributed by atoms with van der Waals surface area (Å²) >= 11 is 2.91. The number of para-hydroxylation sites is 2. The Kier molecular flexibility index (Phi) is 5.14. The first-order valence-electron chi connectivity index (χ1n) is 8.74. The standard InChI is InChI=1S/C18H17N5O3S2/c1-11(17(24)19-13-5-2-3-6-14(13)23(25)26)28-18-21-20-16(15-7-4-10-27-15)22(18)12-8-9-12/h2-7,10-12H,8-9H2,1H3,(H,19,24). The van der Waals surface area contributed by atoms with Gasteiger partial charge in [0.15, 0.2) is 11.0 Å². The van der Waals surface area contributed by atoms with Crippen LogP contribution in [-0.4, -0.2) is 30.8 Å². The van der Waals surface area contributed by atoms with Gasteiger partial charge in [-0.2, -0.15) is 0 Å². The number of carbonyl (C=O) groups is 1. The number of carbonyl (C=O) groups excluding carboxylic acids is 1. The van der Waals surface area contributed by atoms with Gasteiger partial charge in [0.25, 0.3) is 5.69 Å². The fourth-order valence-corrected chi connectivity index (χ4v) is 4.40. The number of hydrogen-bond acceptors (Lipinski definition) is 7. The van der Waals surface area contributed by atoms with Crippen LogP contribution in [-0.2, 0) is 4.79 Å². The second-order valence-corrected chi connectivity index (χ2v) is 8.66. The van der Waals surface area contributed by atoms with Gasteiger partial charge >= 0.3 is 0 Å². The molecule has 1 fully saturated rings. The molecule has 1 saturated carbocycles. The molecule has 0 bridgehead atoms. The quantitative estimate of drug-likeness (QED) is 0.349. The van der Waals surface area contributed by atoms with Crippen LogP contribution in [0.1, 0.15) is 25.8 Å². The summed E-state index contributed by atoms with van der Waals surface area (Å²) in [6.45, 7) is 1.76. The van der Waals surface area contributed by atoms with Crippen molar-refractivity contribution < 1.29 is 9.72 Å². The molecular formula is C18H17N5O3S2. The van der Waals surface area contributed by atoms with Crippen LogP contribution in [0.5, 0.6) is 0 Å². The van der Waals surface area contributed by atoms with Gasteiger partial charge in [0.05, 0.1) is 15.1 Å². The van der Waals surface area contributed by atoms with Gasteiger partial charge in [-0.25, -0.2) is 0 Å². The first-order valence-corrected chi connectivity index (χ1v) is 10.5. The zero-order valence-corrected chi connectivity index (χ0v) is 16.6. The van der Waals surface area contributed by atoms with E-state index in [4.69, 9.17) is 0 Å². The molecule has 1 unspecified atom stereocenters. The van der Waals surface area contributed by atoms with E-state index in [0.717, 1.165) is 23.5 Å². The summed E-state index contributed by atoms with van der Waals surface area (Å²) in [5.41, 5.74) is 0.0575. The van der Waals surface area contributed by atoms with Crippen LogP contribution in [0.15, 0.2) is 46.9 Å². The minimum Gasteiger partial charge on any atom is -0.319 e. The predicted molar refractivity (Wildman–Crippen MR) is 109 cm³/mol. The van der Waals surface area contributed by atoms with Crippen LogP contribution in [0.2, 0.25) is 0 Å². The molecule has 1 aliphatic rings. The van der Waals surface area contributed by atoms with Gasteiger partial charge in [0.1, 0.15) is 5.69 Å². The Hall–Kier alpha value is -2.72. The van der Waals surface area contributed by atoms with E-state index in [1.54, 1.807) is 30.4 Å². The third-order valence-electron chi connectivity index (χ3n) is 4.33. The zero-order valence-electron chi connectivity index (χ0n) is 14.9. The second kappa shape index (κ2) is 7.72. The Morgan fingerprint density at radius 2 is 2.11 bits per heavy atom. The number of nitro groups is 1. The van der Waals surface area contributed by atoms with Crippen molar-refractivity contribution >= 4 is 40.4 Å². The zero-order chi connectivity index (χ0) is 19.7. The number of thioether (sulfide) groups is 1. The Morgan fingerprint density at radius 1 is 1.32 bits per heavy atom. The predicted octanol–water partition coefficient (Wildman–Crippen LogP) is 4.37. The fraction of sp³-hybridized carbons (Fsp3) is 0.278. The molecule has 3 aromatic rings. The van der Waals surface area contributed by atoms with Gasteiger partial charge in [-0.1, -0.05) is 30.0 Å². The van der Waals surface area contributed by atoms with Gasteiger partial charge < -0.3 is 5.32 Å². The van der Waals surface area contributed by atoms with Crippen LogP contribution in [0.25, 0.3) is 10.7 Å². The molecule has 0 saturated heterocycles. The molecule has 8 nitrogen and oxygen atoms in total. The van der Waals surface area contributed by atoms with Gasteiger partial charge in [0.2, 0.25) is 5.91 Å². The van der Waals surface area contributed by atoms with Crippen molar-refractivity contribution in [3.63, 3.8) is 0 Å². The molecule has 0 aliphatic heterocycles. The molecule has 2 heterocycles. The summed E-state index contributed by atoms with van der Waals surface area (Å²) < 4.78 is 2.10. The number of aromatic nitrogens is 3. The van der Waals surface area contributed by atoms with Crippen molar-refractivity contribution in [2.75, 3.05) is 5.32 Å². The molecule has 1 amide bonds. The van der Waals surface area contributed by atoms with E-state index in [0.29, 0.717) is 11.2 Å². The first-order chi connectivity index (χ1) is 13.5. The topological polar surface area (TPSA) is 103 Å². The lowest BCUT2D eigenvalue weighted by Crippen LogP contribution is -2.23. The minimum atomic E-state index is -0.509. The number of amides is 1. The van der Waals surface area contributed by atoms with Crippen LogP contribution in [0.3, 0.4) is 0 Å². The normalized spacial score (nSPS) is 14.6.